The number of benzene rings is 2. The number of rotatable bonds is 8. The summed E-state index contributed by atoms with van der Waals surface area (Å²) in [5, 5.41) is 2.84. The van der Waals surface area contributed by atoms with Crippen molar-refractivity contribution in [3.63, 3.8) is 0 Å². The van der Waals surface area contributed by atoms with E-state index in [9.17, 15) is 9.59 Å². The van der Waals surface area contributed by atoms with Gasteiger partial charge in [0.05, 0.1) is 12.8 Å². The molecule has 2 heterocycles. The molecule has 0 aliphatic carbocycles. The van der Waals surface area contributed by atoms with Crippen molar-refractivity contribution >= 4 is 17.4 Å². The van der Waals surface area contributed by atoms with Gasteiger partial charge < -0.3 is 19.0 Å². The number of hydrogen-bond acceptors (Lipinski definition) is 4. The number of carbonyl (C=O) groups is 2. The van der Waals surface area contributed by atoms with Crippen molar-refractivity contribution in [2.45, 2.75) is 20.4 Å². The van der Waals surface area contributed by atoms with Gasteiger partial charge in [-0.1, -0.05) is 18.2 Å². The highest BCUT2D eigenvalue weighted by atomic mass is 16.5. The standard InChI is InChI=1S/C26H24N2O4/c1-18-15-24(19(2)28(18)16-23-9-6-14-31-23)25(29)17-32-22-12-10-21(11-13-22)27-26(30)20-7-4-3-5-8-20/h3-15H,16-17H2,1-2H3,(H,27,30). The van der Waals surface area contributed by atoms with Gasteiger partial charge in [0.2, 0.25) is 5.78 Å². The van der Waals surface area contributed by atoms with Crippen LogP contribution in [0.4, 0.5) is 5.69 Å². The van der Waals surface area contributed by atoms with Crippen LogP contribution in [0.5, 0.6) is 5.75 Å². The Balaban J connectivity index is 1.35. The molecule has 0 aliphatic heterocycles. The number of hydrogen-bond donors (Lipinski definition) is 1. The van der Waals surface area contributed by atoms with E-state index < -0.39 is 0 Å². The smallest absolute Gasteiger partial charge is 0.255 e. The summed E-state index contributed by atoms with van der Waals surface area (Å²) >= 11 is 0. The molecular weight excluding hydrogens is 404 g/mol. The van der Waals surface area contributed by atoms with E-state index >= 15 is 0 Å². The quantitative estimate of drug-likeness (QED) is 0.389. The van der Waals surface area contributed by atoms with E-state index in [4.69, 9.17) is 9.15 Å². The van der Waals surface area contributed by atoms with Gasteiger partial charge in [0, 0.05) is 28.2 Å². The Morgan fingerprint density at radius 3 is 2.41 bits per heavy atom. The van der Waals surface area contributed by atoms with Crippen LogP contribution < -0.4 is 10.1 Å². The van der Waals surface area contributed by atoms with Crippen molar-refractivity contribution in [2.24, 2.45) is 0 Å². The second-order valence-electron chi connectivity index (χ2n) is 7.51. The van der Waals surface area contributed by atoms with Crippen molar-refractivity contribution < 1.29 is 18.7 Å². The van der Waals surface area contributed by atoms with E-state index in [0.717, 1.165) is 17.1 Å². The highest BCUT2D eigenvalue weighted by molar-refractivity contribution is 6.04. The zero-order valence-electron chi connectivity index (χ0n) is 18.0. The van der Waals surface area contributed by atoms with E-state index in [-0.39, 0.29) is 18.3 Å². The molecule has 0 aliphatic rings. The van der Waals surface area contributed by atoms with E-state index in [1.165, 1.54) is 0 Å². The number of aromatic nitrogens is 1. The van der Waals surface area contributed by atoms with Gasteiger partial charge in [-0.15, -0.1) is 0 Å². The van der Waals surface area contributed by atoms with E-state index in [1.807, 2.05) is 50.2 Å². The number of nitrogens with zero attached hydrogens (tertiary/aromatic N) is 1. The molecule has 4 rings (SSSR count). The number of amides is 1. The molecule has 2 aromatic carbocycles. The van der Waals surface area contributed by atoms with Gasteiger partial charge in [-0.3, -0.25) is 9.59 Å². The number of ether oxygens (including phenoxy) is 1. The summed E-state index contributed by atoms with van der Waals surface area (Å²) in [5.41, 5.74) is 3.75. The largest absolute Gasteiger partial charge is 0.485 e. The molecule has 162 valence electrons. The third-order valence-corrected chi connectivity index (χ3v) is 5.29. The number of furan rings is 1. The Bertz CT molecular complexity index is 1210. The number of ketones is 1. The molecule has 0 atom stereocenters. The molecule has 6 heteroatoms. The molecule has 0 radical (unpaired) electrons. The molecule has 0 saturated heterocycles. The van der Waals surface area contributed by atoms with Crippen LogP contribution in [0.1, 0.15) is 37.9 Å². The lowest BCUT2D eigenvalue weighted by Gasteiger charge is -2.09. The highest BCUT2D eigenvalue weighted by Crippen LogP contribution is 2.20. The first-order valence-electron chi connectivity index (χ1n) is 10.3. The van der Waals surface area contributed by atoms with Gasteiger partial charge >= 0.3 is 0 Å². The fraction of sp³-hybridized carbons (Fsp3) is 0.154. The second kappa shape index (κ2) is 9.39. The van der Waals surface area contributed by atoms with Crippen molar-refractivity contribution in [1.29, 1.82) is 0 Å². The molecule has 6 nitrogen and oxygen atoms in total. The Hall–Kier alpha value is -4.06. The molecule has 2 aromatic heterocycles. The molecule has 1 amide bonds. The first-order valence-corrected chi connectivity index (χ1v) is 10.3. The molecular formula is C26H24N2O4. The van der Waals surface area contributed by atoms with Crippen LogP contribution in [0.3, 0.4) is 0 Å². The maximum absolute atomic E-state index is 12.8. The Morgan fingerprint density at radius 2 is 1.72 bits per heavy atom. The summed E-state index contributed by atoms with van der Waals surface area (Å²) < 4.78 is 13.2. The fourth-order valence-corrected chi connectivity index (χ4v) is 3.54. The lowest BCUT2D eigenvalue weighted by molar-refractivity contribution is 0.0920. The lowest BCUT2D eigenvalue weighted by Crippen LogP contribution is -2.13. The molecule has 0 bridgehead atoms. The van der Waals surface area contributed by atoms with Gasteiger partial charge in [-0.25, -0.2) is 0 Å². The molecule has 0 saturated carbocycles. The van der Waals surface area contributed by atoms with Crippen LogP contribution in [0.15, 0.2) is 83.5 Å². The van der Waals surface area contributed by atoms with Crippen LogP contribution >= 0.6 is 0 Å². The van der Waals surface area contributed by atoms with Crippen LogP contribution in [0, 0.1) is 13.8 Å². The third-order valence-electron chi connectivity index (χ3n) is 5.29. The summed E-state index contributed by atoms with van der Waals surface area (Å²) in [7, 11) is 0. The fourth-order valence-electron chi connectivity index (χ4n) is 3.54. The third kappa shape index (κ3) is 4.81. The van der Waals surface area contributed by atoms with Crippen LogP contribution in [0.25, 0.3) is 0 Å². The highest BCUT2D eigenvalue weighted by Gasteiger charge is 2.17. The first kappa shape index (κ1) is 21.2. The second-order valence-corrected chi connectivity index (χ2v) is 7.51. The van der Waals surface area contributed by atoms with Gasteiger partial charge in [0.1, 0.15) is 11.5 Å². The van der Waals surface area contributed by atoms with E-state index in [0.29, 0.717) is 29.1 Å². The molecule has 1 N–H and O–H groups in total. The minimum Gasteiger partial charge on any atom is -0.485 e. The van der Waals surface area contributed by atoms with Crippen molar-refractivity contribution in [1.82, 2.24) is 4.57 Å². The van der Waals surface area contributed by atoms with Gasteiger partial charge in [-0.2, -0.15) is 0 Å². The number of Topliss-reactive ketones (excluding diaryl/α,β-unsaturated/α-hetero) is 1. The summed E-state index contributed by atoms with van der Waals surface area (Å²) in [6.07, 6.45) is 1.64. The molecule has 0 unspecified atom stereocenters. The van der Waals surface area contributed by atoms with E-state index in [1.54, 1.807) is 42.7 Å². The monoisotopic (exact) mass is 428 g/mol. The van der Waals surface area contributed by atoms with Gasteiger partial charge in [0.25, 0.3) is 5.91 Å². The summed E-state index contributed by atoms with van der Waals surface area (Å²) in [6, 6.07) is 21.6. The number of anilines is 1. The summed E-state index contributed by atoms with van der Waals surface area (Å²) in [6.45, 7) is 4.40. The predicted molar refractivity (Wildman–Crippen MR) is 122 cm³/mol. The topological polar surface area (TPSA) is 73.5 Å². The normalized spacial score (nSPS) is 10.7. The summed E-state index contributed by atoms with van der Waals surface area (Å²) in [5.74, 6) is 1.12. The SMILES string of the molecule is Cc1cc(C(=O)COc2ccc(NC(=O)c3ccccc3)cc2)c(C)n1Cc1ccco1. The molecule has 0 spiro atoms. The van der Waals surface area contributed by atoms with Crippen LogP contribution in [-0.2, 0) is 6.54 Å². The van der Waals surface area contributed by atoms with E-state index in [2.05, 4.69) is 9.88 Å². The number of aryl methyl sites for hydroxylation is 1. The zero-order valence-corrected chi connectivity index (χ0v) is 18.0. The average Bonchev–Trinajstić information content (AvgIpc) is 3.43. The van der Waals surface area contributed by atoms with Gasteiger partial charge in [-0.05, 0) is 68.4 Å². The maximum Gasteiger partial charge on any atom is 0.255 e. The molecule has 32 heavy (non-hydrogen) atoms. The summed E-state index contributed by atoms with van der Waals surface area (Å²) in [4.78, 5) is 25.0. The van der Waals surface area contributed by atoms with Crippen molar-refractivity contribution in [2.75, 3.05) is 11.9 Å². The Labute approximate surface area is 186 Å². The van der Waals surface area contributed by atoms with Crippen LogP contribution in [0.2, 0.25) is 0 Å². The number of carbonyl (C=O) groups excluding carboxylic acids is 2. The Kier molecular flexibility index (Phi) is 6.22. The lowest BCUT2D eigenvalue weighted by atomic mass is 10.1. The minimum atomic E-state index is -0.181. The Morgan fingerprint density at radius 1 is 0.969 bits per heavy atom. The first-order chi connectivity index (χ1) is 15.5. The van der Waals surface area contributed by atoms with Gasteiger partial charge in [0.15, 0.2) is 6.61 Å². The maximum atomic E-state index is 12.8. The van der Waals surface area contributed by atoms with Crippen molar-refractivity contribution in [3.05, 3.63) is 107 Å². The van der Waals surface area contributed by atoms with Crippen LogP contribution in [-0.4, -0.2) is 22.9 Å². The molecule has 0 fully saturated rings. The zero-order chi connectivity index (χ0) is 22.5. The minimum absolute atomic E-state index is 0.0687. The number of nitrogens with one attached hydrogen (secondary N) is 1. The average molecular weight is 428 g/mol. The van der Waals surface area contributed by atoms with Crippen molar-refractivity contribution in [3.8, 4) is 5.75 Å². The predicted octanol–water partition coefficient (Wildman–Crippen LogP) is 5.26. The molecule has 4 aromatic rings.